The quantitative estimate of drug-likeness (QED) is 0.721. The van der Waals surface area contributed by atoms with Gasteiger partial charge in [0.05, 0.1) is 0 Å². The number of halogens is 2. The third-order valence-corrected chi connectivity index (χ3v) is 1.57. The molecular weight excluding hydrogens is 195 g/mol. The summed E-state index contributed by atoms with van der Waals surface area (Å²) in [6.45, 7) is 0. The first kappa shape index (κ1) is 9.80. The average molecular weight is 203 g/mol. The minimum atomic E-state index is -0.487. The number of carbonyl (C=O) groups is 1. The molecule has 1 aromatic rings. The fourth-order valence-electron chi connectivity index (χ4n) is 0.820. The molecule has 0 radical (unpaired) electrons. The van der Waals surface area contributed by atoms with Gasteiger partial charge in [0, 0.05) is 17.8 Å². The summed E-state index contributed by atoms with van der Waals surface area (Å²) in [5.41, 5.74) is 0.323. The summed E-state index contributed by atoms with van der Waals surface area (Å²) < 4.78 is 12.7. The molecule has 0 aromatic heterocycles. The molecule has 1 aromatic carbocycles. The van der Waals surface area contributed by atoms with Crippen LogP contribution in [0.1, 0.15) is 0 Å². The zero-order valence-corrected chi connectivity index (χ0v) is 7.65. The fourth-order valence-corrected chi connectivity index (χ4v) is 1.04. The molecule has 0 bridgehead atoms. The van der Waals surface area contributed by atoms with Crippen molar-refractivity contribution in [2.24, 2.45) is 0 Å². The summed E-state index contributed by atoms with van der Waals surface area (Å²) in [6.07, 6.45) is 0. The van der Waals surface area contributed by atoms with Crippen LogP contribution in [0, 0.1) is 5.82 Å². The van der Waals surface area contributed by atoms with Crippen LogP contribution in [0.25, 0.3) is 0 Å². The van der Waals surface area contributed by atoms with Crippen molar-refractivity contribution in [3.05, 3.63) is 29.0 Å². The second-order valence-electron chi connectivity index (χ2n) is 2.36. The number of hydrogen-bond acceptors (Lipinski definition) is 1. The minimum Gasteiger partial charge on any atom is -0.341 e. The molecule has 2 N–H and O–H groups in total. The van der Waals surface area contributed by atoms with Crippen molar-refractivity contribution < 1.29 is 9.18 Å². The van der Waals surface area contributed by atoms with E-state index in [-0.39, 0.29) is 5.02 Å². The third kappa shape index (κ3) is 2.91. The Morgan fingerprint density at radius 3 is 2.69 bits per heavy atom. The van der Waals surface area contributed by atoms with Gasteiger partial charge in [0.25, 0.3) is 0 Å². The highest BCUT2D eigenvalue weighted by Gasteiger charge is 2.01. The van der Waals surface area contributed by atoms with Gasteiger partial charge in [-0.2, -0.15) is 0 Å². The molecule has 0 aliphatic heterocycles. The van der Waals surface area contributed by atoms with Crippen LogP contribution in [0.15, 0.2) is 18.2 Å². The standard InChI is InChI=1S/C8H8ClFN2O/c1-11-8(13)12-7-3-5(9)2-6(10)4-7/h2-4H,1H3,(H2,11,12,13). The number of benzene rings is 1. The van der Waals surface area contributed by atoms with Gasteiger partial charge < -0.3 is 10.6 Å². The number of hydrogen-bond donors (Lipinski definition) is 2. The van der Waals surface area contributed by atoms with Gasteiger partial charge in [-0.05, 0) is 18.2 Å². The maximum absolute atomic E-state index is 12.7. The first-order valence-electron chi connectivity index (χ1n) is 3.56. The number of anilines is 1. The second-order valence-corrected chi connectivity index (χ2v) is 2.80. The topological polar surface area (TPSA) is 41.1 Å². The van der Waals surface area contributed by atoms with Gasteiger partial charge in [-0.1, -0.05) is 11.6 Å². The van der Waals surface area contributed by atoms with Gasteiger partial charge in [0.15, 0.2) is 0 Å². The van der Waals surface area contributed by atoms with E-state index in [0.717, 1.165) is 6.07 Å². The monoisotopic (exact) mass is 202 g/mol. The number of urea groups is 1. The Balaban J connectivity index is 2.83. The fraction of sp³-hybridized carbons (Fsp3) is 0.125. The van der Waals surface area contributed by atoms with Crippen LogP contribution in [-0.2, 0) is 0 Å². The molecule has 5 heteroatoms. The molecule has 0 spiro atoms. The molecule has 0 heterocycles. The van der Waals surface area contributed by atoms with Crippen molar-refractivity contribution in [1.82, 2.24) is 5.32 Å². The van der Waals surface area contributed by atoms with E-state index in [1.54, 1.807) is 0 Å². The predicted octanol–water partition coefficient (Wildman–Crippen LogP) is 2.23. The van der Waals surface area contributed by atoms with Crippen molar-refractivity contribution in [2.45, 2.75) is 0 Å². The van der Waals surface area contributed by atoms with E-state index in [1.165, 1.54) is 19.2 Å². The molecule has 0 fully saturated rings. The van der Waals surface area contributed by atoms with E-state index in [0.29, 0.717) is 5.69 Å². The highest BCUT2D eigenvalue weighted by Crippen LogP contribution is 2.17. The van der Waals surface area contributed by atoms with E-state index in [1.807, 2.05) is 0 Å². The molecule has 0 saturated heterocycles. The number of carbonyl (C=O) groups excluding carboxylic acids is 1. The van der Waals surface area contributed by atoms with E-state index in [4.69, 9.17) is 11.6 Å². The van der Waals surface area contributed by atoms with Gasteiger partial charge in [0.1, 0.15) is 5.82 Å². The first-order valence-corrected chi connectivity index (χ1v) is 3.94. The van der Waals surface area contributed by atoms with Crippen LogP contribution in [-0.4, -0.2) is 13.1 Å². The zero-order valence-electron chi connectivity index (χ0n) is 6.90. The summed E-state index contributed by atoms with van der Waals surface area (Å²) in [7, 11) is 1.47. The smallest absolute Gasteiger partial charge is 0.318 e. The van der Waals surface area contributed by atoms with E-state index in [2.05, 4.69) is 10.6 Å². The maximum atomic E-state index is 12.7. The molecule has 0 saturated carbocycles. The molecule has 0 aliphatic carbocycles. The molecule has 1 rings (SSSR count). The Hall–Kier alpha value is -1.29. The predicted molar refractivity (Wildman–Crippen MR) is 49.5 cm³/mol. The summed E-state index contributed by atoms with van der Waals surface area (Å²) in [6, 6.07) is 3.39. The lowest BCUT2D eigenvalue weighted by atomic mass is 10.3. The molecular formula is C8H8ClFN2O. The lowest BCUT2D eigenvalue weighted by molar-refractivity contribution is 0.254. The van der Waals surface area contributed by atoms with E-state index < -0.39 is 11.8 Å². The Bertz CT molecular complexity index is 310. The minimum absolute atomic E-state index is 0.242. The molecule has 2 amide bonds. The molecule has 13 heavy (non-hydrogen) atoms. The molecule has 0 aliphatic rings. The molecule has 3 nitrogen and oxygen atoms in total. The first-order chi connectivity index (χ1) is 6.11. The highest BCUT2D eigenvalue weighted by molar-refractivity contribution is 6.30. The molecule has 70 valence electrons. The van der Waals surface area contributed by atoms with Gasteiger partial charge >= 0.3 is 6.03 Å². The zero-order chi connectivity index (χ0) is 9.84. The van der Waals surface area contributed by atoms with Crippen LogP contribution >= 0.6 is 11.6 Å². The van der Waals surface area contributed by atoms with Crippen molar-refractivity contribution in [3.63, 3.8) is 0 Å². The van der Waals surface area contributed by atoms with Crippen LogP contribution < -0.4 is 10.6 Å². The lowest BCUT2D eigenvalue weighted by Crippen LogP contribution is -2.24. The Morgan fingerprint density at radius 1 is 1.46 bits per heavy atom. The SMILES string of the molecule is CNC(=O)Nc1cc(F)cc(Cl)c1. The van der Waals surface area contributed by atoms with Crippen LogP contribution in [0.4, 0.5) is 14.9 Å². The van der Waals surface area contributed by atoms with E-state index in [9.17, 15) is 9.18 Å². The number of amides is 2. The summed E-state index contributed by atoms with van der Waals surface area (Å²) >= 11 is 5.57. The molecule has 0 unspecified atom stereocenters. The Labute approximate surface area is 79.9 Å². The van der Waals surface area contributed by atoms with Crippen LogP contribution in [0.3, 0.4) is 0 Å². The van der Waals surface area contributed by atoms with Gasteiger partial charge in [-0.25, -0.2) is 9.18 Å². The third-order valence-electron chi connectivity index (χ3n) is 1.35. The average Bonchev–Trinajstić information content (AvgIpc) is 2.02. The lowest BCUT2D eigenvalue weighted by Gasteiger charge is -2.04. The molecule has 0 atom stereocenters. The summed E-state index contributed by atoms with van der Waals surface area (Å²) in [4.78, 5) is 10.8. The van der Waals surface area contributed by atoms with Crippen LogP contribution in [0.5, 0.6) is 0 Å². The number of nitrogens with one attached hydrogen (secondary N) is 2. The van der Waals surface area contributed by atoms with Gasteiger partial charge in [-0.3, -0.25) is 0 Å². The van der Waals surface area contributed by atoms with Gasteiger partial charge in [-0.15, -0.1) is 0 Å². The van der Waals surface area contributed by atoms with E-state index >= 15 is 0 Å². The van der Waals surface area contributed by atoms with Crippen LogP contribution in [0.2, 0.25) is 5.02 Å². The highest BCUT2D eigenvalue weighted by atomic mass is 35.5. The Morgan fingerprint density at radius 2 is 2.15 bits per heavy atom. The Kier molecular flexibility index (Phi) is 3.08. The van der Waals surface area contributed by atoms with Crippen molar-refractivity contribution in [2.75, 3.05) is 12.4 Å². The maximum Gasteiger partial charge on any atom is 0.318 e. The second kappa shape index (κ2) is 4.09. The summed E-state index contributed by atoms with van der Waals surface area (Å²) in [5.74, 6) is -0.487. The normalized spacial score (nSPS) is 9.46. The van der Waals surface area contributed by atoms with Crippen molar-refractivity contribution in [1.29, 1.82) is 0 Å². The van der Waals surface area contributed by atoms with Crippen molar-refractivity contribution in [3.8, 4) is 0 Å². The summed E-state index contributed by atoms with van der Waals surface area (Å²) in [5, 5.41) is 4.98. The van der Waals surface area contributed by atoms with Gasteiger partial charge in [0.2, 0.25) is 0 Å². The number of rotatable bonds is 1. The largest absolute Gasteiger partial charge is 0.341 e. The van der Waals surface area contributed by atoms with Crippen molar-refractivity contribution >= 4 is 23.3 Å².